The molecule has 0 spiro atoms. The Bertz CT molecular complexity index is 1350. The Hall–Kier alpha value is -3.86. The maximum atomic E-state index is 13.4. The van der Waals surface area contributed by atoms with Gasteiger partial charge in [-0.05, 0) is 65.0 Å². The molecule has 0 radical (unpaired) electrons. The van der Waals surface area contributed by atoms with Crippen molar-refractivity contribution in [3.63, 3.8) is 0 Å². The molecule has 204 valence electrons. The molecular weight excluding hydrogens is 512 g/mol. The standard InChI is InChI=1S/C27H32N2O8S/c1-6-33-20-13-18(14-21(34-7-2)24(20)36-9-4)25(31)28-27-29(16-23(30)35-8-3)19-12-11-17(15-22(19)38-27)26(32)37-10-5/h11-15H,6-10,16H2,1-5H3. The van der Waals surface area contributed by atoms with Gasteiger partial charge in [-0.2, -0.15) is 4.99 Å². The van der Waals surface area contributed by atoms with Gasteiger partial charge in [0.05, 0.1) is 48.8 Å². The second-order valence-corrected chi connectivity index (χ2v) is 8.71. The average Bonchev–Trinajstić information content (AvgIpc) is 3.22. The monoisotopic (exact) mass is 544 g/mol. The van der Waals surface area contributed by atoms with Crippen LogP contribution in [0.15, 0.2) is 35.3 Å². The van der Waals surface area contributed by atoms with Crippen LogP contribution >= 0.6 is 11.3 Å². The molecule has 0 fully saturated rings. The van der Waals surface area contributed by atoms with Crippen molar-refractivity contribution in [1.29, 1.82) is 0 Å². The third-order valence-corrected chi connectivity index (χ3v) is 6.18. The summed E-state index contributed by atoms with van der Waals surface area (Å²) < 4.78 is 29.6. The van der Waals surface area contributed by atoms with Crippen molar-refractivity contribution in [2.24, 2.45) is 4.99 Å². The van der Waals surface area contributed by atoms with Crippen molar-refractivity contribution in [1.82, 2.24) is 4.57 Å². The lowest BCUT2D eigenvalue weighted by atomic mass is 10.1. The number of fused-ring (bicyclic) bond motifs is 1. The number of hydrogen-bond donors (Lipinski definition) is 0. The van der Waals surface area contributed by atoms with E-state index in [2.05, 4.69) is 4.99 Å². The first-order valence-corrected chi connectivity index (χ1v) is 13.3. The van der Waals surface area contributed by atoms with E-state index in [9.17, 15) is 14.4 Å². The molecule has 1 aromatic heterocycles. The smallest absolute Gasteiger partial charge is 0.338 e. The van der Waals surface area contributed by atoms with Gasteiger partial charge in [-0.25, -0.2) is 4.79 Å². The highest BCUT2D eigenvalue weighted by atomic mass is 32.1. The second-order valence-electron chi connectivity index (χ2n) is 7.70. The molecule has 1 amide bonds. The van der Waals surface area contributed by atoms with E-state index in [0.717, 1.165) is 0 Å². The van der Waals surface area contributed by atoms with Crippen LogP contribution in [0.4, 0.5) is 0 Å². The molecule has 10 nitrogen and oxygen atoms in total. The average molecular weight is 545 g/mol. The summed E-state index contributed by atoms with van der Waals surface area (Å²) in [7, 11) is 0. The molecular formula is C27H32N2O8S. The van der Waals surface area contributed by atoms with E-state index in [1.165, 1.54) is 11.3 Å². The van der Waals surface area contributed by atoms with Gasteiger partial charge in [-0.1, -0.05) is 11.3 Å². The zero-order valence-corrected chi connectivity index (χ0v) is 23.0. The second kappa shape index (κ2) is 13.6. The molecule has 0 saturated heterocycles. The van der Waals surface area contributed by atoms with Gasteiger partial charge in [-0.15, -0.1) is 0 Å². The first-order chi connectivity index (χ1) is 18.4. The number of esters is 2. The van der Waals surface area contributed by atoms with Crippen molar-refractivity contribution < 1.29 is 38.1 Å². The molecule has 0 aliphatic carbocycles. The molecule has 0 aliphatic heterocycles. The number of benzene rings is 2. The summed E-state index contributed by atoms with van der Waals surface area (Å²) in [6, 6.07) is 8.07. The van der Waals surface area contributed by atoms with Crippen LogP contribution in [-0.2, 0) is 20.8 Å². The van der Waals surface area contributed by atoms with Crippen LogP contribution in [0.2, 0.25) is 0 Å². The van der Waals surface area contributed by atoms with Gasteiger partial charge in [0.25, 0.3) is 5.91 Å². The van der Waals surface area contributed by atoms with E-state index in [1.54, 1.807) is 48.7 Å². The quantitative estimate of drug-likeness (QED) is 0.309. The third-order valence-electron chi connectivity index (χ3n) is 5.14. The number of hydrogen-bond acceptors (Lipinski definition) is 9. The summed E-state index contributed by atoms with van der Waals surface area (Å²) in [5.41, 5.74) is 1.21. The molecule has 1 heterocycles. The summed E-state index contributed by atoms with van der Waals surface area (Å²) in [6.45, 7) is 10.4. The van der Waals surface area contributed by atoms with Crippen molar-refractivity contribution in [3.05, 3.63) is 46.3 Å². The van der Waals surface area contributed by atoms with E-state index in [-0.39, 0.29) is 30.1 Å². The van der Waals surface area contributed by atoms with Gasteiger partial charge < -0.3 is 28.3 Å². The highest BCUT2D eigenvalue weighted by Gasteiger charge is 2.20. The SMILES string of the molecule is CCOC(=O)Cn1c(=NC(=O)c2cc(OCC)c(OCC)c(OCC)c2)sc2cc(C(=O)OCC)ccc21. The lowest BCUT2D eigenvalue weighted by Gasteiger charge is -2.16. The first kappa shape index (κ1) is 28.7. The first-order valence-electron chi connectivity index (χ1n) is 12.5. The molecule has 3 rings (SSSR count). The van der Waals surface area contributed by atoms with Crippen LogP contribution in [0.1, 0.15) is 55.3 Å². The zero-order valence-electron chi connectivity index (χ0n) is 22.2. The molecule has 0 atom stereocenters. The molecule has 0 aliphatic rings. The van der Waals surface area contributed by atoms with E-state index >= 15 is 0 Å². The predicted octanol–water partition coefficient (Wildman–Crippen LogP) is 4.38. The highest BCUT2D eigenvalue weighted by molar-refractivity contribution is 7.16. The Morgan fingerprint density at radius 3 is 2.00 bits per heavy atom. The highest BCUT2D eigenvalue weighted by Crippen LogP contribution is 2.39. The summed E-state index contributed by atoms with van der Waals surface area (Å²) in [6.07, 6.45) is 0. The van der Waals surface area contributed by atoms with E-state index in [1.807, 2.05) is 20.8 Å². The van der Waals surface area contributed by atoms with E-state index in [4.69, 9.17) is 23.7 Å². The summed E-state index contributed by atoms with van der Waals surface area (Å²) in [5.74, 6) is -0.352. The van der Waals surface area contributed by atoms with E-state index < -0.39 is 17.8 Å². The maximum Gasteiger partial charge on any atom is 0.338 e. The molecule has 0 unspecified atom stereocenters. The fraction of sp³-hybridized carbons (Fsp3) is 0.407. The maximum absolute atomic E-state index is 13.4. The van der Waals surface area contributed by atoms with Gasteiger partial charge in [-0.3, -0.25) is 9.59 Å². The van der Waals surface area contributed by atoms with Crippen LogP contribution in [0.5, 0.6) is 17.2 Å². The van der Waals surface area contributed by atoms with Crippen molar-refractivity contribution in [3.8, 4) is 17.2 Å². The minimum Gasteiger partial charge on any atom is -0.490 e. The Balaban J connectivity index is 2.15. The largest absolute Gasteiger partial charge is 0.490 e. The molecule has 11 heteroatoms. The topological polar surface area (TPSA) is 115 Å². The predicted molar refractivity (Wildman–Crippen MR) is 142 cm³/mol. The van der Waals surface area contributed by atoms with Crippen LogP contribution in [0.3, 0.4) is 0 Å². The summed E-state index contributed by atoms with van der Waals surface area (Å²) >= 11 is 1.17. The van der Waals surface area contributed by atoms with Crippen molar-refractivity contribution in [2.75, 3.05) is 33.0 Å². The van der Waals surface area contributed by atoms with Crippen LogP contribution in [-0.4, -0.2) is 55.4 Å². The van der Waals surface area contributed by atoms with Gasteiger partial charge in [0, 0.05) is 5.56 Å². The van der Waals surface area contributed by atoms with Gasteiger partial charge in [0.1, 0.15) is 6.54 Å². The molecule has 0 N–H and O–H groups in total. The van der Waals surface area contributed by atoms with Gasteiger partial charge in [0.15, 0.2) is 16.3 Å². The Morgan fingerprint density at radius 1 is 0.789 bits per heavy atom. The molecule has 2 aromatic carbocycles. The summed E-state index contributed by atoms with van der Waals surface area (Å²) in [4.78, 5) is 42.6. The number of amides is 1. The Morgan fingerprint density at radius 2 is 1.42 bits per heavy atom. The lowest BCUT2D eigenvalue weighted by molar-refractivity contribution is -0.143. The number of ether oxygens (including phenoxy) is 5. The molecule has 3 aromatic rings. The van der Waals surface area contributed by atoms with Crippen LogP contribution in [0, 0.1) is 0 Å². The number of carbonyl (C=O) groups excluding carboxylic acids is 3. The Kier molecular flexibility index (Phi) is 10.3. The fourth-order valence-corrected chi connectivity index (χ4v) is 4.72. The van der Waals surface area contributed by atoms with Gasteiger partial charge in [0.2, 0.25) is 5.75 Å². The van der Waals surface area contributed by atoms with E-state index in [0.29, 0.717) is 52.8 Å². The Labute approximate surface area is 224 Å². The molecule has 0 saturated carbocycles. The fourth-order valence-electron chi connectivity index (χ4n) is 3.65. The number of carbonyl (C=O) groups is 3. The van der Waals surface area contributed by atoms with Crippen LogP contribution in [0.25, 0.3) is 10.2 Å². The lowest BCUT2D eigenvalue weighted by Crippen LogP contribution is -2.23. The number of aromatic nitrogens is 1. The molecule has 0 bridgehead atoms. The third kappa shape index (κ3) is 6.71. The number of rotatable bonds is 12. The molecule has 38 heavy (non-hydrogen) atoms. The minimum absolute atomic E-state index is 0.156. The normalized spacial score (nSPS) is 11.3. The van der Waals surface area contributed by atoms with Crippen molar-refractivity contribution in [2.45, 2.75) is 41.2 Å². The summed E-state index contributed by atoms with van der Waals surface area (Å²) in [5, 5.41) is 0. The number of thiazole rings is 1. The van der Waals surface area contributed by atoms with Gasteiger partial charge >= 0.3 is 11.9 Å². The van der Waals surface area contributed by atoms with Crippen molar-refractivity contribution >= 4 is 39.4 Å². The number of nitrogens with zero attached hydrogens (tertiary/aromatic N) is 2. The minimum atomic E-state index is -0.565. The van der Waals surface area contributed by atoms with Crippen LogP contribution < -0.4 is 19.0 Å². The zero-order chi connectivity index (χ0) is 27.7.